The van der Waals surface area contributed by atoms with Crippen LogP contribution < -0.4 is 10.6 Å². The first-order chi connectivity index (χ1) is 11.3. The van der Waals surface area contributed by atoms with Crippen LogP contribution in [0.3, 0.4) is 0 Å². The highest BCUT2D eigenvalue weighted by Gasteiger charge is 2.22. The number of benzene rings is 2. The third kappa shape index (κ3) is 4.34. The molecule has 1 heterocycles. The lowest BCUT2D eigenvalue weighted by Crippen LogP contribution is -2.27. The fraction of sp³-hybridized carbons (Fsp3) is 0.400. The molecule has 124 valence electrons. The van der Waals surface area contributed by atoms with Gasteiger partial charge in [0.2, 0.25) is 0 Å². The SMILES string of the molecule is CC.CNCC(O)CC1Nc2ccccc2Cc2ccccc21. The van der Waals surface area contributed by atoms with Gasteiger partial charge in [-0.3, -0.25) is 0 Å². The Labute approximate surface area is 139 Å². The molecule has 2 unspecified atom stereocenters. The Hall–Kier alpha value is -1.84. The minimum absolute atomic E-state index is 0.146. The first kappa shape index (κ1) is 17.5. The summed E-state index contributed by atoms with van der Waals surface area (Å²) in [4.78, 5) is 0. The van der Waals surface area contributed by atoms with Gasteiger partial charge in [-0.15, -0.1) is 0 Å². The molecule has 1 aliphatic rings. The Morgan fingerprint density at radius 2 is 1.74 bits per heavy atom. The first-order valence-electron chi connectivity index (χ1n) is 8.53. The average molecular weight is 312 g/mol. The molecular formula is C20H28N2O. The number of rotatable bonds is 4. The topological polar surface area (TPSA) is 44.3 Å². The number of fused-ring (bicyclic) bond motifs is 2. The van der Waals surface area contributed by atoms with Crippen molar-refractivity contribution in [1.82, 2.24) is 5.32 Å². The van der Waals surface area contributed by atoms with E-state index >= 15 is 0 Å². The van der Waals surface area contributed by atoms with E-state index < -0.39 is 0 Å². The molecule has 2 aromatic carbocycles. The van der Waals surface area contributed by atoms with Gasteiger partial charge in [-0.25, -0.2) is 0 Å². The summed E-state index contributed by atoms with van der Waals surface area (Å²) in [6, 6.07) is 17.1. The monoisotopic (exact) mass is 312 g/mol. The fourth-order valence-corrected chi connectivity index (χ4v) is 3.10. The molecule has 3 nitrogen and oxygen atoms in total. The molecule has 3 rings (SSSR count). The zero-order valence-electron chi connectivity index (χ0n) is 14.3. The van der Waals surface area contributed by atoms with Crippen LogP contribution in [0.4, 0.5) is 5.69 Å². The largest absolute Gasteiger partial charge is 0.392 e. The minimum atomic E-state index is -0.356. The van der Waals surface area contributed by atoms with Crippen molar-refractivity contribution in [1.29, 1.82) is 0 Å². The lowest BCUT2D eigenvalue weighted by Gasteiger charge is -2.23. The van der Waals surface area contributed by atoms with Crippen LogP contribution in [-0.4, -0.2) is 24.8 Å². The van der Waals surface area contributed by atoms with Crippen LogP contribution in [0.25, 0.3) is 0 Å². The third-order valence-corrected chi connectivity index (χ3v) is 4.11. The number of para-hydroxylation sites is 1. The molecule has 0 radical (unpaired) electrons. The molecule has 3 heteroatoms. The normalized spacial score (nSPS) is 16.8. The zero-order chi connectivity index (χ0) is 16.7. The van der Waals surface area contributed by atoms with Gasteiger partial charge in [0, 0.05) is 12.2 Å². The maximum absolute atomic E-state index is 10.2. The molecule has 2 atom stereocenters. The highest BCUT2D eigenvalue weighted by Crippen LogP contribution is 2.34. The number of aliphatic hydroxyl groups is 1. The second-order valence-electron chi connectivity index (χ2n) is 5.68. The molecule has 0 amide bonds. The van der Waals surface area contributed by atoms with E-state index in [9.17, 15) is 5.11 Å². The van der Waals surface area contributed by atoms with Gasteiger partial charge in [-0.05, 0) is 42.6 Å². The van der Waals surface area contributed by atoms with E-state index in [0.29, 0.717) is 13.0 Å². The van der Waals surface area contributed by atoms with Crippen molar-refractivity contribution in [3.05, 3.63) is 65.2 Å². The van der Waals surface area contributed by atoms with Gasteiger partial charge in [-0.1, -0.05) is 56.3 Å². The van der Waals surface area contributed by atoms with E-state index in [-0.39, 0.29) is 12.1 Å². The van der Waals surface area contributed by atoms with Crippen molar-refractivity contribution in [3.8, 4) is 0 Å². The predicted molar refractivity (Wildman–Crippen MR) is 98.0 cm³/mol. The molecule has 0 bridgehead atoms. The fourth-order valence-electron chi connectivity index (χ4n) is 3.10. The number of nitrogens with one attached hydrogen (secondary N) is 2. The minimum Gasteiger partial charge on any atom is -0.392 e. The standard InChI is InChI=1S/C18H22N2O.C2H6/c1-19-12-15(21)11-18-16-8-4-2-6-13(16)10-14-7-3-5-9-17(14)20-18;1-2/h2-9,15,18-21H,10-12H2,1H3;1-2H3. The highest BCUT2D eigenvalue weighted by molar-refractivity contribution is 5.57. The molecule has 23 heavy (non-hydrogen) atoms. The molecule has 0 spiro atoms. The Balaban J connectivity index is 0.000000924. The number of anilines is 1. The van der Waals surface area contributed by atoms with Crippen LogP contribution in [0, 0.1) is 0 Å². The maximum Gasteiger partial charge on any atom is 0.0687 e. The summed E-state index contributed by atoms with van der Waals surface area (Å²) in [6.07, 6.45) is 1.29. The van der Waals surface area contributed by atoms with Gasteiger partial charge < -0.3 is 15.7 Å². The van der Waals surface area contributed by atoms with Gasteiger partial charge in [-0.2, -0.15) is 0 Å². The molecule has 0 saturated carbocycles. The van der Waals surface area contributed by atoms with Crippen LogP contribution in [0.5, 0.6) is 0 Å². The molecule has 1 aliphatic heterocycles. The van der Waals surface area contributed by atoms with Crippen LogP contribution >= 0.6 is 0 Å². The third-order valence-electron chi connectivity index (χ3n) is 4.11. The van der Waals surface area contributed by atoms with Gasteiger partial charge in [0.25, 0.3) is 0 Å². The van der Waals surface area contributed by atoms with E-state index in [0.717, 1.165) is 6.42 Å². The van der Waals surface area contributed by atoms with E-state index in [1.54, 1.807) is 0 Å². The van der Waals surface area contributed by atoms with E-state index in [1.807, 2.05) is 20.9 Å². The Morgan fingerprint density at radius 3 is 2.48 bits per heavy atom. The second-order valence-corrected chi connectivity index (χ2v) is 5.68. The van der Waals surface area contributed by atoms with Crippen molar-refractivity contribution < 1.29 is 5.11 Å². The number of aliphatic hydroxyl groups excluding tert-OH is 1. The summed E-state index contributed by atoms with van der Waals surface area (Å²) in [5.41, 5.74) is 5.13. The lowest BCUT2D eigenvalue weighted by molar-refractivity contribution is 0.158. The molecule has 0 fully saturated rings. The van der Waals surface area contributed by atoms with Gasteiger partial charge >= 0.3 is 0 Å². The van der Waals surface area contributed by atoms with Gasteiger partial charge in [0.1, 0.15) is 0 Å². The average Bonchev–Trinajstić information content (AvgIpc) is 2.73. The van der Waals surface area contributed by atoms with E-state index in [4.69, 9.17) is 0 Å². The van der Waals surface area contributed by atoms with Crippen LogP contribution in [0.2, 0.25) is 0 Å². The van der Waals surface area contributed by atoms with E-state index in [1.165, 1.54) is 22.4 Å². The molecule has 0 saturated heterocycles. The summed E-state index contributed by atoms with van der Waals surface area (Å²) < 4.78 is 0. The summed E-state index contributed by atoms with van der Waals surface area (Å²) in [7, 11) is 1.87. The molecular weight excluding hydrogens is 284 g/mol. The van der Waals surface area contributed by atoms with Crippen molar-refractivity contribution in [2.75, 3.05) is 18.9 Å². The lowest BCUT2D eigenvalue weighted by atomic mass is 9.94. The highest BCUT2D eigenvalue weighted by atomic mass is 16.3. The Kier molecular flexibility index (Phi) is 6.63. The molecule has 0 aromatic heterocycles. The molecule has 0 aliphatic carbocycles. The quantitative estimate of drug-likeness (QED) is 0.806. The zero-order valence-corrected chi connectivity index (χ0v) is 14.3. The first-order valence-corrected chi connectivity index (χ1v) is 8.53. The van der Waals surface area contributed by atoms with Crippen LogP contribution in [-0.2, 0) is 6.42 Å². The smallest absolute Gasteiger partial charge is 0.0687 e. The summed E-state index contributed by atoms with van der Waals surface area (Å²) in [5, 5.41) is 16.8. The van der Waals surface area contributed by atoms with Crippen molar-refractivity contribution in [2.45, 2.75) is 38.8 Å². The number of hydrogen-bond donors (Lipinski definition) is 3. The Morgan fingerprint density at radius 1 is 1.09 bits per heavy atom. The predicted octanol–water partition coefficient (Wildman–Crippen LogP) is 3.74. The summed E-state index contributed by atoms with van der Waals surface area (Å²) in [6.45, 7) is 4.61. The molecule has 3 N–H and O–H groups in total. The Bertz CT molecular complexity index is 612. The maximum atomic E-state index is 10.2. The molecule has 2 aromatic rings. The van der Waals surface area contributed by atoms with Crippen LogP contribution in [0.15, 0.2) is 48.5 Å². The second kappa shape index (κ2) is 8.70. The van der Waals surface area contributed by atoms with Crippen LogP contribution in [0.1, 0.15) is 43.0 Å². The van der Waals surface area contributed by atoms with Crippen molar-refractivity contribution in [3.63, 3.8) is 0 Å². The van der Waals surface area contributed by atoms with Gasteiger partial charge in [0.15, 0.2) is 0 Å². The van der Waals surface area contributed by atoms with Crippen molar-refractivity contribution in [2.24, 2.45) is 0 Å². The van der Waals surface area contributed by atoms with Gasteiger partial charge in [0.05, 0.1) is 12.1 Å². The van der Waals surface area contributed by atoms with Crippen molar-refractivity contribution >= 4 is 5.69 Å². The number of hydrogen-bond acceptors (Lipinski definition) is 3. The summed E-state index contributed by atoms with van der Waals surface area (Å²) >= 11 is 0. The summed E-state index contributed by atoms with van der Waals surface area (Å²) in [5.74, 6) is 0. The van der Waals surface area contributed by atoms with E-state index in [2.05, 4.69) is 59.2 Å². The number of likely N-dealkylation sites (N-methyl/N-ethyl adjacent to an activating group) is 1.